The maximum absolute atomic E-state index is 13.8. The fourth-order valence-electron chi connectivity index (χ4n) is 1.63. The molecule has 0 heterocycles. The predicted octanol–water partition coefficient (Wildman–Crippen LogP) is 2.27. The lowest BCUT2D eigenvalue weighted by Crippen LogP contribution is -2.34. The first-order chi connectivity index (χ1) is 8.47. The lowest BCUT2D eigenvalue weighted by molar-refractivity contribution is 0.0764. The van der Waals surface area contributed by atoms with E-state index in [0.29, 0.717) is 30.1 Å². The molecular formula is C13H17FN2OS. The van der Waals surface area contributed by atoms with Crippen LogP contribution < -0.4 is 5.73 Å². The fraction of sp³-hybridized carbons (Fsp3) is 0.385. The zero-order chi connectivity index (χ0) is 13.7. The van der Waals surface area contributed by atoms with Crippen molar-refractivity contribution in [2.24, 2.45) is 5.73 Å². The number of nitrogens with two attached hydrogens (primary N) is 1. The molecule has 0 fully saturated rings. The van der Waals surface area contributed by atoms with Crippen molar-refractivity contribution < 1.29 is 9.18 Å². The van der Waals surface area contributed by atoms with Crippen molar-refractivity contribution in [2.45, 2.75) is 20.3 Å². The third kappa shape index (κ3) is 3.50. The molecule has 0 atom stereocenters. The average Bonchev–Trinajstić information content (AvgIpc) is 2.32. The molecule has 0 radical (unpaired) electrons. The van der Waals surface area contributed by atoms with Crippen LogP contribution >= 0.6 is 12.2 Å². The Balaban J connectivity index is 2.89. The summed E-state index contributed by atoms with van der Waals surface area (Å²) in [5.41, 5.74) is 5.97. The van der Waals surface area contributed by atoms with E-state index in [1.807, 2.05) is 6.92 Å². The number of hydrogen-bond donors (Lipinski definition) is 1. The maximum atomic E-state index is 13.8. The predicted molar refractivity (Wildman–Crippen MR) is 74.1 cm³/mol. The van der Waals surface area contributed by atoms with Crippen LogP contribution in [0.2, 0.25) is 0 Å². The van der Waals surface area contributed by atoms with E-state index >= 15 is 0 Å². The van der Waals surface area contributed by atoms with Gasteiger partial charge in [-0.2, -0.15) is 0 Å². The summed E-state index contributed by atoms with van der Waals surface area (Å²) in [5.74, 6) is -0.786. The van der Waals surface area contributed by atoms with E-state index in [1.165, 1.54) is 11.0 Å². The summed E-state index contributed by atoms with van der Waals surface area (Å²) < 4.78 is 13.8. The highest BCUT2D eigenvalue weighted by Crippen LogP contribution is 2.14. The number of hydrogen-bond acceptors (Lipinski definition) is 2. The number of amides is 1. The summed E-state index contributed by atoms with van der Waals surface area (Å²) in [4.78, 5) is 14.1. The molecule has 98 valence electrons. The van der Waals surface area contributed by atoms with Gasteiger partial charge in [0.25, 0.3) is 5.91 Å². The number of aryl methyl sites for hydroxylation is 1. The second-order valence-electron chi connectivity index (χ2n) is 4.04. The molecule has 3 nitrogen and oxygen atoms in total. The molecule has 0 aliphatic rings. The van der Waals surface area contributed by atoms with Crippen molar-refractivity contribution in [3.05, 3.63) is 35.1 Å². The quantitative estimate of drug-likeness (QED) is 0.833. The molecule has 2 N–H and O–H groups in total. The van der Waals surface area contributed by atoms with Crippen LogP contribution in [-0.2, 0) is 0 Å². The Labute approximate surface area is 112 Å². The summed E-state index contributed by atoms with van der Waals surface area (Å²) in [6.07, 6.45) is 0.447. The first kappa shape index (κ1) is 14.6. The van der Waals surface area contributed by atoms with Gasteiger partial charge in [0.15, 0.2) is 0 Å². The van der Waals surface area contributed by atoms with Crippen molar-refractivity contribution in [1.82, 2.24) is 4.90 Å². The molecule has 0 aliphatic carbocycles. The number of nitrogens with zero attached hydrogens (tertiary/aromatic N) is 1. The molecule has 0 spiro atoms. The van der Waals surface area contributed by atoms with Gasteiger partial charge in [-0.25, -0.2) is 4.39 Å². The first-order valence-electron chi connectivity index (χ1n) is 5.80. The molecule has 0 saturated heterocycles. The summed E-state index contributed by atoms with van der Waals surface area (Å²) in [5, 5.41) is 0. The standard InChI is InChI=1S/C13H17FN2OS/c1-3-16(8-7-11(15)18)13(17)10-6-4-5-9(2)12(10)14/h4-6H,3,7-8H2,1-2H3,(H2,15,18). The molecule has 0 unspecified atom stereocenters. The van der Waals surface area contributed by atoms with Gasteiger partial charge in [-0.1, -0.05) is 24.4 Å². The number of thiocarbonyl (C=S) groups is 1. The highest BCUT2D eigenvalue weighted by molar-refractivity contribution is 7.80. The van der Waals surface area contributed by atoms with Crippen molar-refractivity contribution in [2.75, 3.05) is 13.1 Å². The molecule has 1 rings (SSSR count). The van der Waals surface area contributed by atoms with Crippen LogP contribution in [0.3, 0.4) is 0 Å². The van der Waals surface area contributed by atoms with Crippen LogP contribution in [0.25, 0.3) is 0 Å². The summed E-state index contributed by atoms with van der Waals surface area (Å²) in [6, 6.07) is 4.80. The van der Waals surface area contributed by atoms with E-state index < -0.39 is 5.82 Å². The van der Waals surface area contributed by atoms with Crippen molar-refractivity contribution >= 4 is 23.1 Å². The molecule has 1 aromatic rings. The van der Waals surface area contributed by atoms with Gasteiger partial charge in [-0.05, 0) is 25.5 Å². The molecule has 1 amide bonds. The average molecular weight is 268 g/mol. The van der Waals surface area contributed by atoms with Crippen LogP contribution in [0, 0.1) is 12.7 Å². The first-order valence-corrected chi connectivity index (χ1v) is 6.20. The van der Waals surface area contributed by atoms with Gasteiger partial charge in [0, 0.05) is 19.5 Å². The van der Waals surface area contributed by atoms with Gasteiger partial charge in [0.1, 0.15) is 5.82 Å². The Morgan fingerprint density at radius 3 is 2.72 bits per heavy atom. The molecule has 0 saturated carbocycles. The Morgan fingerprint density at radius 1 is 1.50 bits per heavy atom. The second-order valence-corrected chi connectivity index (χ2v) is 4.56. The highest BCUT2D eigenvalue weighted by atomic mass is 32.1. The normalized spacial score (nSPS) is 10.2. The van der Waals surface area contributed by atoms with Crippen molar-refractivity contribution in [3.63, 3.8) is 0 Å². The number of carbonyl (C=O) groups excluding carboxylic acids is 1. The monoisotopic (exact) mass is 268 g/mol. The molecule has 0 aliphatic heterocycles. The summed E-state index contributed by atoms with van der Waals surface area (Å²) in [7, 11) is 0. The Bertz CT molecular complexity index is 462. The number of halogens is 1. The van der Waals surface area contributed by atoms with Crippen LogP contribution in [-0.4, -0.2) is 28.9 Å². The van der Waals surface area contributed by atoms with Crippen molar-refractivity contribution in [1.29, 1.82) is 0 Å². The number of benzene rings is 1. The zero-order valence-corrected chi connectivity index (χ0v) is 11.4. The molecule has 5 heteroatoms. The molecule has 0 bridgehead atoms. The van der Waals surface area contributed by atoms with Gasteiger partial charge in [0.2, 0.25) is 0 Å². The van der Waals surface area contributed by atoms with Crippen LogP contribution in [0.4, 0.5) is 4.39 Å². The molecule has 0 aromatic heterocycles. The van der Waals surface area contributed by atoms with E-state index in [4.69, 9.17) is 18.0 Å². The minimum atomic E-state index is -0.462. The fourth-order valence-corrected chi connectivity index (χ4v) is 1.72. The van der Waals surface area contributed by atoms with Gasteiger partial charge < -0.3 is 10.6 Å². The third-order valence-electron chi connectivity index (χ3n) is 2.72. The van der Waals surface area contributed by atoms with Gasteiger partial charge in [0.05, 0.1) is 10.6 Å². The zero-order valence-electron chi connectivity index (χ0n) is 10.6. The number of carbonyl (C=O) groups is 1. The molecular weight excluding hydrogens is 251 g/mol. The van der Waals surface area contributed by atoms with Crippen LogP contribution in [0.5, 0.6) is 0 Å². The minimum absolute atomic E-state index is 0.0970. The van der Waals surface area contributed by atoms with E-state index in [1.54, 1.807) is 19.1 Å². The largest absolute Gasteiger partial charge is 0.393 e. The summed E-state index contributed by atoms with van der Waals surface area (Å²) >= 11 is 4.78. The van der Waals surface area contributed by atoms with E-state index in [0.717, 1.165) is 0 Å². The van der Waals surface area contributed by atoms with Gasteiger partial charge in [-0.3, -0.25) is 4.79 Å². The third-order valence-corrected chi connectivity index (χ3v) is 2.92. The van der Waals surface area contributed by atoms with Crippen molar-refractivity contribution in [3.8, 4) is 0 Å². The Hall–Kier alpha value is -1.49. The second kappa shape index (κ2) is 6.44. The highest BCUT2D eigenvalue weighted by Gasteiger charge is 2.18. The van der Waals surface area contributed by atoms with Gasteiger partial charge in [-0.15, -0.1) is 0 Å². The maximum Gasteiger partial charge on any atom is 0.256 e. The Morgan fingerprint density at radius 2 is 2.17 bits per heavy atom. The topological polar surface area (TPSA) is 46.3 Å². The summed E-state index contributed by atoms with van der Waals surface area (Å²) in [6.45, 7) is 4.38. The molecule has 1 aromatic carbocycles. The molecule has 18 heavy (non-hydrogen) atoms. The minimum Gasteiger partial charge on any atom is -0.393 e. The van der Waals surface area contributed by atoms with E-state index in [2.05, 4.69) is 0 Å². The smallest absolute Gasteiger partial charge is 0.256 e. The van der Waals surface area contributed by atoms with E-state index in [-0.39, 0.29) is 11.5 Å². The SMILES string of the molecule is CCN(CCC(N)=S)C(=O)c1cccc(C)c1F. The van der Waals surface area contributed by atoms with Gasteiger partial charge >= 0.3 is 0 Å². The van der Waals surface area contributed by atoms with Crippen LogP contribution in [0.1, 0.15) is 29.3 Å². The van der Waals surface area contributed by atoms with Crippen LogP contribution in [0.15, 0.2) is 18.2 Å². The lowest BCUT2D eigenvalue weighted by Gasteiger charge is -2.21. The number of rotatable bonds is 5. The Kier molecular flexibility index (Phi) is 5.22. The lowest BCUT2D eigenvalue weighted by atomic mass is 10.1. The van der Waals surface area contributed by atoms with E-state index in [9.17, 15) is 9.18 Å².